The molecule has 0 saturated carbocycles. The second-order valence-electron chi connectivity index (χ2n) is 13.0. The Labute approximate surface area is 289 Å². The molecule has 1 heterocycles. The summed E-state index contributed by atoms with van der Waals surface area (Å²) in [5.41, 5.74) is 10.8. The summed E-state index contributed by atoms with van der Waals surface area (Å²) in [4.78, 5) is 2.30. The van der Waals surface area contributed by atoms with Crippen molar-refractivity contribution in [1.82, 2.24) is 0 Å². The minimum atomic E-state index is -0.655. The Bertz CT molecular complexity index is 2680. The molecule has 10 rings (SSSR count). The first-order valence-electron chi connectivity index (χ1n) is 17.0. The van der Waals surface area contributed by atoms with Gasteiger partial charge in [-0.05, 0) is 81.2 Å². The number of rotatable bonds is 5. The van der Waals surface area contributed by atoms with Crippen molar-refractivity contribution in [2.24, 2.45) is 0 Å². The second-order valence-corrected chi connectivity index (χ2v) is 13.0. The molecule has 0 unspecified atom stereocenters. The lowest BCUT2D eigenvalue weighted by Gasteiger charge is -2.35. The van der Waals surface area contributed by atoms with Crippen LogP contribution in [0.25, 0.3) is 43.8 Å². The van der Waals surface area contributed by atoms with E-state index in [0.29, 0.717) is 5.39 Å². The summed E-state index contributed by atoms with van der Waals surface area (Å²) < 4.78 is 22.0. The van der Waals surface area contributed by atoms with Crippen LogP contribution in [0.3, 0.4) is 0 Å². The summed E-state index contributed by atoms with van der Waals surface area (Å²) in [7, 11) is 0. The predicted octanol–water partition coefficient (Wildman–Crippen LogP) is 12.7. The maximum absolute atomic E-state index is 15.4. The molecule has 0 N–H and O–H groups in total. The molecule has 2 nitrogen and oxygen atoms in total. The van der Waals surface area contributed by atoms with Crippen LogP contribution in [-0.2, 0) is 5.41 Å². The molecule has 3 heteroatoms. The van der Waals surface area contributed by atoms with Crippen molar-refractivity contribution in [3.8, 4) is 11.1 Å². The van der Waals surface area contributed by atoms with E-state index >= 15 is 4.39 Å². The zero-order valence-corrected chi connectivity index (χ0v) is 27.1. The van der Waals surface area contributed by atoms with Crippen molar-refractivity contribution in [3.63, 3.8) is 0 Å². The normalized spacial score (nSPS) is 13.1. The van der Waals surface area contributed by atoms with Crippen molar-refractivity contribution < 1.29 is 8.81 Å². The van der Waals surface area contributed by atoms with Crippen LogP contribution < -0.4 is 4.90 Å². The third-order valence-corrected chi connectivity index (χ3v) is 10.4. The Morgan fingerprint density at radius 3 is 1.86 bits per heavy atom. The summed E-state index contributed by atoms with van der Waals surface area (Å²) in [6.45, 7) is 0. The maximum atomic E-state index is 15.4. The van der Waals surface area contributed by atoms with Crippen molar-refractivity contribution in [1.29, 1.82) is 0 Å². The Hall–Kier alpha value is -6.45. The zero-order valence-electron chi connectivity index (χ0n) is 27.1. The van der Waals surface area contributed by atoms with Gasteiger partial charge in [0.2, 0.25) is 0 Å². The van der Waals surface area contributed by atoms with Crippen molar-refractivity contribution >= 4 is 49.8 Å². The fourth-order valence-corrected chi connectivity index (χ4v) is 8.34. The summed E-state index contributed by atoms with van der Waals surface area (Å²) >= 11 is 0. The van der Waals surface area contributed by atoms with Crippen LogP contribution in [0.2, 0.25) is 0 Å². The lowest BCUT2D eigenvalue weighted by atomic mass is 9.67. The van der Waals surface area contributed by atoms with Gasteiger partial charge >= 0.3 is 0 Å². The van der Waals surface area contributed by atoms with E-state index < -0.39 is 5.41 Å². The van der Waals surface area contributed by atoms with Crippen LogP contribution in [0.15, 0.2) is 186 Å². The molecule has 0 fully saturated rings. The minimum absolute atomic E-state index is 0.213. The second kappa shape index (κ2) is 11.0. The zero-order chi connectivity index (χ0) is 33.2. The molecule has 8 aromatic carbocycles. The molecule has 0 bridgehead atoms. The number of hydrogen-bond donors (Lipinski definition) is 0. The predicted molar refractivity (Wildman–Crippen MR) is 203 cm³/mol. The fraction of sp³-hybridized carbons (Fsp3) is 0.0213. The number of hydrogen-bond acceptors (Lipinski definition) is 2. The highest BCUT2D eigenvalue weighted by Crippen LogP contribution is 2.59. The Morgan fingerprint density at radius 1 is 0.460 bits per heavy atom. The molecule has 1 aliphatic rings. The SMILES string of the molecule is Fc1cccc2c3c(ccc12)C(c1ccccc1)(c1ccccc1)c1cc(N(c2ccccc2)c2cccc4c2oc2ccccc24)ccc1-3. The molecule has 1 aliphatic carbocycles. The first kappa shape index (κ1) is 28.6. The highest BCUT2D eigenvalue weighted by Gasteiger charge is 2.47. The molecule has 9 aromatic rings. The standard InChI is InChI=1S/C47H30FNO/c48-42-23-12-21-37-35(42)28-29-40-45(37)39-27-26-34(30-41(39)47(40,31-14-4-1-5-15-31)32-16-6-2-7-17-32)49(33-18-8-3-9-19-33)43-24-13-22-38-36-20-10-11-25-44(36)50-46(38)43/h1-30H. The van der Waals surface area contributed by atoms with Gasteiger partial charge in [0.1, 0.15) is 11.4 Å². The lowest BCUT2D eigenvalue weighted by molar-refractivity contribution is 0.640. The van der Waals surface area contributed by atoms with Crippen LogP contribution in [0, 0.1) is 5.82 Å². The Balaban J connectivity index is 1.32. The molecule has 0 amide bonds. The quantitative estimate of drug-likeness (QED) is 0.186. The molecule has 0 spiro atoms. The molecule has 0 atom stereocenters. The van der Waals surface area contributed by atoms with Gasteiger partial charge in [-0.2, -0.15) is 0 Å². The van der Waals surface area contributed by atoms with Crippen LogP contribution in [0.4, 0.5) is 21.5 Å². The summed E-state index contributed by atoms with van der Waals surface area (Å²) in [6, 6.07) is 62.8. The highest BCUT2D eigenvalue weighted by atomic mass is 19.1. The largest absolute Gasteiger partial charge is 0.454 e. The molecule has 0 aliphatic heterocycles. The topological polar surface area (TPSA) is 16.4 Å². The van der Waals surface area contributed by atoms with E-state index in [4.69, 9.17) is 4.42 Å². The fourth-order valence-electron chi connectivity index (χ4n) is 8.34. The van der Waals surface area contributed by atoms with E-state index in [9.17, 15) is 0 Å². The van der Waals surface area contributed by atoms with Gasteiger partial charge in [0.05, 0.1) is 11.1 Å². The van der Waals surface area contributed by atoms with Crippen LogP contribution >= 0.6 is 0 Å². The molecule has 50 heavy (non-hydrogen) atoms. The van der Waals surface area contributed by atoms with E-state index in [-0.39, 0.29) is 5.82 Å². The number of benzene rings is 8. The number of halogens is 1. The first-order valence-corrected chi connectivity index (χ1v) is 17.0. The lowest BCUT2D eigenvalue weighted by Crippen LogP contribution is -2.28. The minimum Gasteiger partial charge on any atom is -0.454 e. The van der Waals surface area contributed by atoms with Gasteiger partial charge in [-0.3, -0.25) is 0 Å². The van der Waals surface area contributed by atoms with Crippen LogP contribution in [-0.4, -0.2) is 0 Å². The van der Waals surface area contributed by atoms with Gasteiger partial charge in [0.25, 0.3) is 0 Å². The Kier molecular flexibility index (Phi) is 6.31. The van der Waals surface area contributed by atoms with E-state index in [1.807, 2.05) is 30.3 Å². The molecule has 0 saturated heterocycles. The summed E-state index contributed by atoms with van der Waals surface area (Å²) in [5.74, 6) is -0.213. The average Bonchev–Trinajstić information content (AvgIpc) is 3.71. The first-order chi connectivity index (χ1) is 24.7. The van der Waals surface area contributed by atoms with Gasteiger partial charge in [-0.25, -0.2) is 4.39 Å². The van der Waals surface area contributed by atoms with Crippen molar-refractivity contribution in [2.45, 2.75) is 5.41 Å². The maximum Gasteiger partial charge on any atom is 0.159 e. The van der Waals surface area contributed by atoms with Gasteiger partial charge in [0.15, 0.2) is 5.58 Å². The monoisotopic (exact) mass is 643 g/mol. The number of furan rings is 1. The molecule has 236 valence electrons. The smallest absolute Gasteiger partial charge is 0.159 e. The van der Waals surface area contributed by atoms with Gasteiger partial charge in [-0.15, -0.1) is 0 Å². The number of nitrogens with zero attached hydrogens (tertiary/aromatic N) is 1. The molecular weight excluding hydrogens is 614 g/mol. The van der Waals surface area contributed by atoms with E-state index in [2.05, 4.69) is 150 Å². The molecule has 1 aromatic heterocycles. The Morgan fingerprint density at radius 2 is 1.10 bits per heavy atom. The van der Waals surface area contributed by atoms with E-state index in [1.54, 1.807) is 6.07 Å². The molecular formula is C47H30FNO. The van der Waals surface area contributed by atoms with Gasteiger partial charge < -0.3 is 9.32 Å². The average molecular weight is 644 g/mol. The van der Waals surface area contributed by atoms with Crippen molar-refractivity contribution in [2.75, 3.05) is 4.90 Å². The van der Waals surface area contributed by atoms with E-state index in [0.717, 1.165) is 77.8 Å². The van der Waals surface area contributed by atoms with Crippen molar-refractivity contribution in [3.05, 3.63) is 210 Å². The summed E-state index contributed by atoms with van der Waals surface area (Å²) in [6.07, 6.45) is 0. The van der Waals surface area contributed by atoms with Gasteiger partial charge in [-0.1, -0.05) is 140 Å². The molecule has 0 radical (unpaired) electrons. The number of para-hydroxylation sites is 3. The third kappa shape index (κ3) is 4.01. The third-order valence-electron chi connectivity index (χ3n) is 10.4. The summed E-state index contributed by atoms with van der Waals surface area (Å²) in [5, 5.41) is 3.70. The van der Waals surface area contributed by atoms with Crippen LogP contribution in [0.1, 0.15) is 22.3 Å². The number of fused-ring (bicyclic) bond motifs is 8. The number of anilines is 3. The highest BCUT2D eigenvalue weighted by molar-refractivity contribution is 6.10. The van der Waals surface area contributed by atoms with Gasteiger partial charge in [0, 0.05) is 27.5 Å². The van der Waals surface area contributed by atoms with Crippen LogP contribution in [0.5, 0.6) is 0 Å². The van der Waals surface area contributed by atoms with E-state index in [1.165, 1.54) is 0 Å².